The Bertz CT molecular complexity index is 181. The van der Waals surface area contributed by atoms with Gasteiger partial charge in [0, 0.05) is 10.9 Å². The molecule has 10 heavy (non-hydrogen) atoms. The van der Waals surface area contributed by atoms with E-state index in [1.54, 1.807) is 0 Å². The third kappa shape index (κ3) is 1.34. The summed E-state index contributed by atoms with van der Waals surface area (Å²) >= 11 is 1.84. The molecule has 0 aliphatic carbocycles. The fraction of sp³-hybridized carbons (Fsp3) is 0.429. The van der Waals surface area contributed by atoms with E-state index in [2.05, 4.69) is 22.8 Å². The third-order valence-electron chi connectivity index (χ3n) is 1.71. The van der Waals surface area contributed by atoms with Crippen molar-refractivity contribution in [3.05, 3.63) is 22.4 Å². The van der Waals surface area contributed by atoms with E-state index >= 15 is 0 Å². The van der Waals surface area contributed by atoms with Crippen LogP contribution in [0, 0.1) is 0 Å². The molecule has 1 aromatic heterocycles. The van der Waals surface area contributed by atoms with Gasteiger partial charge >= 0.3 is 0 Å². The largest absolute Gasteiger partial charge is 0.309 e. The SMILES string of the molecule is Cl.c1csc([C@H]2CCN2)c1. The van der Waals surface area contributed by atoms with Crippen molar-refractivity contribution in [3.63, 3.8) is 0 Å². The lowest BCUT2D eigenvalue weighted by Crippen LogP contribution is -2.34. The third-order valence-corrected chi connectivity index (χ3v) is 2.70. The van der Waals surface area contributed by atoms with Gasteiger partial charge in [-0.15, -0.1) is 23.7 Å². The molecule has 1 aliphatic heterocycles. The Labute approximate surface area is 70.9 Å². The second kappa shape index (κ2) is 3.37. The Balaban J connectivity index is 0.000000500. The van der Waals surface area contributed by atoms with Crippen molar-refractivity contribution in [2.75, 3.05) is 6.54 Å². The zero-order valence-electron chi connectivity index (χ0n) is 5.54. The van der Waals surface area contributed by atoms with Crippen LogP contribution < -0.4 is 5.32 Å². The van der Waals surface area contributed by atoms with Gasteiger partial charge in [-0.2, -0.15) is 0 Å². The van der Waals surface area contributed by atoms with Crippen LogP contribution in [0.2, 0.25) is 0 Å². The van der Waals surface area contributed by atoms with Gasteiger partial charge in [0.15, 0.2) is 0 Å². The maximum atomic E-state index is 3.36. The van der Waals surface area contributed by atoms with Crippen LogP contribution in [0.25, 0.3) is 0 Å². The van der Waals surface area contributed by atoms with Gasteiger partial charge in [0.1, 0.15) is 0 Å². The molecular weight excluding hydrogens is 166 g/mol. The summed E-state index contributed by atoms with van der Waals surface area (Å²) in [6, 6.07) is 4.99. The Kier molecular flexibility index (Phi) is 2.72. The zero-order chi connectivity index (χ0) is 6.10. The maximum Gasteiger partial charge on any atom is 0.0426 e. The first kappa shape index (κ1) is 8.05. The van der Waals surface area contributed by atoms with E-state index in [1.165, 1.54) is 17.8 Å². The molecule has 0 bridgehead atoms. The highest BCUT2D eigenvalue weighted by Gasteiger charge is 2.18. The standard InChI is InChI=1S/C7H9NS.ClH/c1-2-7(9-5-1)6-3-4-8-6;/h1-2,5-6,8H,3-4H2;1H/t6-;/m1./s1. The molecule has 1 aromatic rings. The number of rotatable bonds is 1. The predicted octanol–water partition coefficient (Wildman–Crippen LogP) is 2.20. The van der Waals surface area contributed by atoms with Gasteiger partial charge in [0.05, 0.1) is 0 Å². The lowest BCUT2D eigenvalue weighted by Gasteiger charge is -2.26. The molecule has 1 saturated heterocycles. The summed E-state index contributed by atoms with van der Waals surface area (Å²) in [7, 11) is 0. The molecule has 3 heteroatoms. The summed E-state index contributed by atoms with van der Waals surface area (Å²) in [6.07, 6.45) is 1.32. The normalized spacial score (nSPS) is 23.0. The Morgan fingerprint density at radius 1 is 1.60 bits per heavy atom. The molecule has 0 amide bonds. The molecule has 1 aliphatic rings. The summed E-state index contributed by atoms with van der Waals surface area (Å²) < 4.78 is 0. The molecular formula is C7H10ClNS. The molecule has 0 spiro atoms. The van der Waals surface area contributed by atoms with Crippen molar-refractivity contribution in [1.29, 1.82) is 0 Å². The monoisotopic (exact) mass is 175 g/mol. The van der Waals surface area contributed by atoms with Crippen LogP contribution in [0.15, 0.2) is 17.5 Å². The van der Waals surface area contributed by atoms with Crippen molar-refractivity contribution < 1.29 is 0 Å². The van der Waals surface area contributed by atoms with E-state index in [9.17, 15) is 0 Å². The van der Waals surface area contributed by atoms with Gasteiger partial charge in [-0.05, 0) is 24.4 Å². The summed E-state index contributed by atoms with van der Waals surface area (Å²) in [5.74, 6) is 0. The van der Waals surface area contributed by atoms with Gasteiger partial charge in [0.25, 0.3) is 0 Å². The van der Waals surface area contributed by atoms with E-state index in [-0.39, 0.29) is 12.4 Å². The van der Waals surface area contributed by atoms with Crippen LogP contribution in [0.1, 0.15) is 17.3 Å². The van der Waals surface area contributed by atoms with Crippen molar-refractivity contribution in [2.45, 2.75) is 12.5 Å². The fourth-order valence-electron chi connectivity index (χ4n) is 1.02. The zero-order valence-corrected chi connectivity index (χ0v) is 7.17. The van der Waals surface area contributed by atoms with Gasteiger partial charge in [-0.3, -0.25) is 0 Å². The molecule has 0 radical (unpaired) electrons. The van der Waals surface area contributed by atoms with Crippen LogP contribution in [0.3, 0.4) is 0 Å². The van der Waals surface area contributed by atoms with Crippen LogP contribution in [-0.4, -0.2) is 6.54 Å². The highest BCUT2D eigenvalue weighted by molar-refractivity contribution is 7.10. The Morgan fingerprint density at radius 2 is 2.40 bits per heavy atom. The molecule has 2 rings (SSSR count). The van der Waals surface area contributed by atoms with Gasteiger partial charge in [-0.1, -0.05) is 6.07 Å². The molecule has 1 atom stereocenters. The van der Waals surface area contributed by atoms with Gasteiger partial charge < -0.3 is 5.32 Å². The first-order valence-electron chi connectivity index (χ1n) is 3.23. The molecule has 2 heterocycles. The number of nitrogens with one attached hydrogen (secondary N) is 1. The minimum Gasteiger partial charge on any atom is -0.309 e. The molecule has 0 saturated carbocycles. The smallest absolute Gasteiger partial charge is 0.0426 e. The van der Waals surface area contributed by atoms with Crippen LogP contribution in [-0.2, 0) is 0 Å². The number of thiophene rings is 1. The van der Waals surface area contributed by atoms with Crippen molar-refractivity contribution in [2.24, 2.45) is 0 Å². The number of hydrogen-bond acceptors (Lipinski definition) is 2. The van der Waals surface area contributed by atoms with Gasteiger partial charge in [0.2, 0.25) is 0 Å². The van der Waals surface area contributed by atoms with Gasteiger partial charge in [-0.25, -0.2) is 0 Å². The molecule has 0 unspecified atom stereocenters. The Morgan fingerprint density at radius 3 is 2.80 bits per heavy atom. The van der Waals surface area contributed by atoms with Crippen LogP contribution in [0.5, 0.6) is 0 Å². The van der Waals surface area contributed by atoms with E-state index in [1.807, 2.05) is 11.3 Å². The second-order valence-electron chi connectivity index (χ2n) is 2.31. The topological polar surface area (TPSA) is 12.0 Å². The van der Waals surface area contributed by atoms with E-state index in [0.29, 0.717) is 6.04 Å². The first-order chi connectivity index (χ1) is 4.47. The quantitative estimate of drug-likeness (QED) is 0.690. The summed E-state index contributed by atoms with van der Waals surface area (Å²) in [6.45, 7) is 1.20. The minimum absolute atomic E-state index is 0. The average molecular weight is 176 g/mol. The first-order valence-corrected chi connectivity index (χ1v) is 4.11. The predicted molar refractivity (Wildman–Crippen MR) is 46.9 cm³/mol. The minimum atomic E-state index is 0. The molecule has 1 N–H and O–H groups in total. The van der Waals surface area contributed by atoms with E-state index in [0.717, 1.165) is 0 Å². The second-order valence-corrected chi connectivity index (χ2v) is 3.29. The Hall–Kier alpha value is -0.0500. The lowest BCUT2D eigenvalue weighted by atomic mass is 10.1. The van der Waals surface area contributed by atoms with Crippen molar-refractivity contribution in [3.8, 4) is 0 Å². The van der Waals surface area contributed by atoms with E-state index < -0.39 is 0 Å². The average Bonchev–Trinajstić information content (AvgIpc) is 2.11. The molecule has 0 aromatic carbocycles. The van der Waals surface area contributed by atoms with E-state index in [4.69, 9.17) is 0 Å². The fourth-order valence-corrected chi connectivity index (χ4v) is 1.86. The van der Waals surface area contributed by atoms with Crippen molar-refractivity contribution in [1.82, 2.24) is 5.32 Å². The summed E-state index contributed by atoms with van der Waals surface area (Å²) in [5.41, 5.74) is 0. The number of halogens is 1. The van der Waals surface area contributed by atoms with Crippen LogP contribution >= 0.6 is 23.7 Å². The molecule has 1 nitrogen and oxygen atoms in total. The summed E-state index contributed by atoms with van der Waals surface area (Å²) in [4.78, 5) is 1.49. The maximum absolute atomic E-state index is 3.36. The number of hydrogen-bond donors (Lipinski definition) is 1. The molecule has 1 fully saturated rings. The molecule has 56 valence electrons. The van der Waals surface area contributed by atoms with Crippen molar-refractivity contribution >= 4 is 23.7 Å². The highest BCUT2D eigenvalue weighted by atomic mass is 35.5. The van der Waals surface area contributed by atoms with Crippen LogP contribution in [0.4, 0.5) is 0 Å². The lowest BCUT2D eigenvalue weighted by molar-refractivity contribution is 0.389. The summed E-state index contributed by atoms with van der Waals surface area (Å²) in [5, 5.41) is 5.49. The highest BCUT2D eigenvalue weighted by Crippen LogP contribution is 2.26.